The highest BCUT2D eigenvalue weighted by molar-refractivity contribution is 7.89. The maximum Gasteiger partial charge on any atom is 0.325 e. The molecule has 2 N–H and O–H groups in total. The maximum absolute atomic E-state index is 14.3. The Bertz CT molecular complexity index is 1150. The quantitative estimate of drug-likeness (QED) is 0.586. The van der Waals surface area contributed by atoms with Crippen LogP contribution in [0, 0.1) is 5.82 Å². The molecule has 33 heavy (non-hydrogen) atoms. The van der Waals surface area contributed by atoms with E-state index in [1.165, 1.54) is 12.1 Å². The van der Waals surface area contributed by atoms with E-state index >= 15 is 0 Å². The number of carbonyl (C=O) groups is 3. The summed E-state index contributed by atoms with van der Waals surface area (Å²) in [4.78, 5) is 35.8. The van der Waals surface area contributed by atoms with Gasteiger partial charge in [0.2, 0.25) is 10.0 Å². The molecule has 0 aliphatic carbocycles. The zero-order valence-electron chi connectivity index (χ0n) is 17.9. The van der Waals surface area contributed by atoms with Gasteiger partial charge in [-0.2, -0.15) is 4.31 Å². The second-order valence-corrected chi connectivity index (χ2v) is 9.24. The van der Waals surface area contributed by atoms with Crippen molar-refractivity contribution < 1.29 is 31.9 Å². The number of hydrogen-bond donors (Lipinski definition) is 2. The molecule has 3 amide bonds. The Balaban J connectivity index is 1.80. The number of sulfonamides is 1. The van der Waals surface area contributed by atoms with Crippen LogP contribution in [0.2, 0.25) is 0 Å². The second kappa shape index (κ2) is 10.5. The highest BCUT2D eigenvalue weighted by atomic mass is 32.2. The predicted molar refractivity (Wildman–Crippen MR) is 116 cm³/mol. The molecule has 1 aliphatic rings. The molecule has 1 atom stereocenters. The van der Waals surface area contributed by atoms with E-state index in [-0.39, 0.29) is 13.0 Å². The molecule has 11 heteroatoms. The van der Waals surface area contributed by atoms with Crippen LogP contribution in [0.4, 0.5) is 9.18 Å². The van der Waals surface area contributed by atoms with Gasteiger partial charge in [-0.25, -0.2) is 17.6 Å². The van der Waals surface area contributed by atoms with Crippen LogP contribution >= 0.6 is 0 Å². The lowest BCUT2D eigenvalue weighted by atomic mass is 9.96. The number of imide groups is 1. The van der Waals surface area contributed by atoms with Crippen molar-refractivity contribution in [3.63, 3.8) is 0 Å². The molecule has 176 valence electrons. The minimum atomic E-state index is -4.40. The summed E-state index contributed by atoms with van der Waals surface area (Å²) in [5.41, 5.74) is 1.41. The molecule has 2 aromatic carbocycles. The molecule has 0 saturated heterocycles. The van der Waals surface area contributed by atoms with Crippen molar-refractivity contribution >= 4 is 27.9 Å². The Morgan fingerprint density at radius 3 is 2.45 bits per heavy atom. The summed E-state index contributed by atoms with van der Waals surface area (Å²) in [5.74, 6) is -2.79. The molecule has 1 aliphatic heterocycles. The largest absolute Gasteiger partial charge is 0.454 e. The number of fused-ring (bicyclic) bond motifs is 1. The molecule has 0 bridgehead atoms. The van der Waals surface area contributed by atoms with E-state index in [1.54, 1.807) is 24.3 Å². The molecule has 1 unspecified atom stereocenters. The number of hydrogen-bond acceptors (Lipinski definition) is 6. The summed E-state index contributed by atoms with van der Waals surface area (Å²) in [7, 11) is -4.40. The summed E-state index contributed by atoms with van der Waals surface area (Å²) >= 11 is 0. The number of halogens is 1. The minimum Gasteiger partial charge on any atom is -0.454 e. The van der Waals surface area contributed by atoms with Crippen LogP contribution in [-0.4, -0.2) is 49.8 Å². The smallest absolute Gasteiger partial charge is 0.325 e. The number of amides is 3. The van der Waals surface area contributed by atoms with E-state index in [0.717, 1.165) is 22.0 Å². The van der Waals surface area contributed by atoms with Crippen LogP contribution in [0.3, 0.4) is 0 Å². The van der Waals surface area contributed by atoms with Gasteiger partial charge < -0.3 is 10.1 Å². The van der Waals surface area contributed by atoms with E-state index in [0.29, 0.717) is 18.5 Å². The second-order valence-electron chi connectivity index (χ2n) is 7.38. The lowest BCUT2D eigenvalue weighted by Crippen LogP contribution is -2.50. The topological polar surface area (TPSA) is 122 Å². The summed E-state index contributed by atoms with van der Waals surface area (Å²) < 4.78 is 46.7. The summed E-state index contributed by atoms with van der Waals surface area (Å²) in [6, 6.07) is 9.82. The van der Waals surface area contributed by atoms with Crippen LogP contribution in [0.15, 0.2) is 53.4 Å². The maximum atomic E-state index is 14.3. The van der Waals surface area contributed by atoms with E-state index in [1.807, 2.05) is 12.2 Å². The summed E-state index contributed by atoms with van der Waals surface area (Å²) in [6.07, 6.45) is 0.660. The summed E-state index contributed by atoms with van der Waals surface area (Å²) in [5, 5.41) is 4.46. The lowest BCUT2D eigenvalue weighted by Gasteiger charge is -2.34. The van der Waals surface area contributed by atoms with Crippen molar-refractivity contribution in [1.82, 2.24) is 14.9 Å². The van der Waals surface area contributed by atoms with Gasteiger partial charge in [-0.1, -0.05) is 43.3 Å². The number of carbonyl (C=O) groups excluding carboxylic acids is 3. The molecule has 0 radical (unpaired) electrons. The van der Waals surface area contributed by atoms with E-state index in [9.17, 15) is 27.2 Å². The van der Waals surface area contributed by atoms with Crippen molar-refractivity contribution in [2.75, 3.05) is 13.2 Å². The zero-order chi connectivity index (χ0) is 24.0. The number of benzene rings is 2. The molecule has 9 nitrogen and oxygen atoms in total. The summed E-state index contributed by atoms with van der Waals surface area (Å²) in [6.45, 7) is 1.26. The normalized spacial score (nSPS) is 15.9. The number of rotatable bonds is 7. The van der Waals surface area contributed by atoms with Gasteiger partial charge in [-0.15, -0.1) is 0 Å². The molecular formula is C22H24FN3O6S. The first-order valence-corrected chi connectivity index (χ1v) is 11.8. The fraction of sp³-hybridized carbons (Fsp3) is 0.318. The predicted octanol–water partition coefficient (Wildman–Crippen LogP) is 1.72. The van der Waals surface area contributed by atoms with Gasteiger partial charge in [-0.3, -0.25) is 14.9 Å². The Morgan fingerprint density at radius 1 is 1.09 bits per heavy atom. The lowest BCUT2D eigenvalue weighted by molar-refractivity contribution is -0.152. The monoisotopic (exact) mass is 477 g/mol. The number of esters is 1. The van der Waals surface area contributed by atoms with E-state index in [2.05, 4.69) is 5.32 Å². The average Bonchev–Trinajstić information content (AvgIpc) is 2.80. The van der Waals surface area contributed by atoms with E-state index < -0.39 is 51.3 Å². The van der Waals surface area contributed by atoms with Gasteiger partial charge in [0.05, 0.1) is 0 Å². The van der Waals surface area contributed by atoms with Crippen molar-refractivity contribution in [2.24, 2.45) is 0 Å². The fourth-order valence-electron chi connectivity index (χ4n) is 3.41. The van der Waals surface area contributed by atoms with Gasteiger partial charge in [0, 0.05) is 19.5 Å². The standard InChI is InChI=1S/C22H24FN3O6S/c1-2-11-24-22(29)25-20(27)14-32-21(28)18-12-15-7-3-4-8-16(15)13-26(18)33(30,31)19-10-6-5-9-17(19)23/h3-10,18H,2,11-14H2,1H3,(H2,24,25,27,29). The number of nitrogens with one attached hydrogen (secondary N) is 2. The average molecular weight is 478 g/mol. The number of ether oxygens (including phenoxy) is 1. The SMILES string of the molecule is CCCNC(=O)NC(=O)COC(=O)C1Cc2ccccc2CN1S(=O)(=O)c1ccccc1F. The Hall–Kier alpha value is -3.31. The van der Waals surface area contributed by atoms with Gasteiger partial charge in [-0.05, 0) is 29.7 Å². The Kier molecular flexibility index (Phi) is 7.77. The van der Waals surface area contributed by atoms with Crippen LogP contribution in [-0.2, 0) is 37.3 Å². The Labute approximate surface area is 191 Å². The van der Waals surface area contributed by atoms with Gasteiger partial charge in [0.25, 0.3) is 5.91 Å². The third-order valence-corrected chi connectivity index (χ3v) is 6.92. The van der Waals surface area contributed by atoms with Crippen molar-refractivity contribution in [2.45, 2.75) is 37.2 Å². The highest BCUT2D eigenvalue weighted by Crippen LogP contribution is 2.30. The Morgan fingerprint density at radius 2 is 1.76 bits per heavy atom. The molecule has 0 saturated carbocycles. The van der Waals surface area contributed by atoms with Crippen molar-refractivity contribution in [3.05, 3.63) is 65.5 Å². The molecule has 0 spiro atoms. The van der Waals surface area contributed by atoms with Gasteiger partial charge >= 0.3 is 12.0 Å². The highest BCUT2D eigenvalue weighted by Gasteiger charge is 2.41. The van der Waals surface area contributed by atoms with Crippen LogP contribution in [0.1, 0.15) is 24.5 Å². The van der Waals surface area contributed by atoms with Gasteiger partial charge in [0.1, 0.15) is 16.8 Å². The minimum absolute atomic E-state index is 0.0126. The fourth-order valence-corrected chi connectivity index (χ4v) is 5.03. The van der Waals surface area contributed by atoms with Crippen molar-refractivity contribution in [1.29, 1.82) is 0 Å². The third-order valence-electron chi connectivity index (χ3n) is 5.03. The van der Waals surface area contributed by atoms with Crippen LogP contribution < -0.4 is 10.6 Å². The van der Waals surface area contributed by atoms with Crippen LogP contribution in [0.5, 0.6) is 0 Å². The molecule has 0 aromatic heterocycles. The van der Waals surface area contributed by atoms with Crippen molar-refractivity contribution in [3.8, 4) is 0 Å². The van der Waals surface area contributed by atoms with Gasteiger partial charge in [0.15, 0.2) is 6.61 Å². The first-order chi connectivity index (χ1) is 15.7. The van der Waals surface area contributed by atoms with E-state index in [4.69, 9.17) is 4.74 Å². The zero-order valence-corrected chi connectivity index (χ0v) is 18.7. The van der Waals surface area contributed by atoms with Crippen LogP contribution in [0.25, 0.3) is 0 Å². The molecule has 3 rings (SSSR count). The molecule has 1 heterocycles. The molecular weight excluding hydrogens is 453 g/mol. The first-order valence-electron chi connectivity index (χ1n) is 10.3. The molecule has 2 aromatic rings. The third kappa shape index (κ3) is 5.74. The first kappa shape index (κ1) is 24.3. The number of nitrogens with zero attached hydrogens (tertiary/aromatic N) is 1. The number of urea groups is 1. The molecule has 0 fully saturated rings.